The molecule has 0 aliphatic heterocycles. The number of esters is 1. The molecule has 0 spiro atoms. The van der Waals surface area contributed by atoms with Gasteiger partial charge in [-0.2, -0.15) is 0 Å². The number of ether oxygens (including phenoxy) is 1. The molecule has 0 unspecified atom stereocenters. The number of aromatic hydroxyl groups is 1. The van der Waals surface area contributed by atoms with Gasteiger partial charge in [0.05, 0.1) is 11.7 Å². The summed E-state index contributed by atoms with van der Waals surface area (Å²) in [5.41, 5.74) is -2.21. The van der Waals surface area contributed by atoms with Crippen LogP contribution in [-0.2, 0) is 9.53 Å². The van der Waals surface area contributed by atoms with E-state index in [4.69, 9.17) is 14.9 Å². The molecule has 0 bridgehead atoms. The van der Waals surface area contributed by atoms with Crippen LogP contribution in [0.3, 0.4) is 0 Å². The molecule has 22 heavy (non-hydrogen) atoms. The van der Waals surface area contributed by atoms with Gasteiger partial charge in [-0.25, -0.2) is 9.59 Å². The second-order valence-corrected chi connectivity index (χ2v) is 5.29. The van der Waals surface area contributed by atoms with Gasteiger partial charge in [-0.3, -0.25) is 0 Å². The van der Waals surface area contributed by atoms with E-state index in [1.165, 1.54) is 24.3 Å². The normalized spacial score (nSPS) is 31.5. The van der Waals surface area contributed by atoms with E-state index >= 15 is 0 Å². The van der Waals surface area contributed by atoms with Crippen LogP contribution in [0, 0.1) is 0 Å². The van der Waals surface area contributed by atoms with Gasteiger partial charge in [0.2, 0.25) is 0 Å². The van der Waals surface area contributed by atoms with Crippen LogP contribution in [-0.4, -0.2) is 61.4 Å². The number of carboxylic acid groups (broad SMARTS) is 1. The summed E-state index contributed by atoms with van der Waals surface area (Å²) in [5.74, 6) is -2.49. The molecule has 2 rings (SSSR count). The zero-order valence-electron chi connectivity index (χ0n) is 11.4. The van der Waals surface area contributed by atoms with Gasteiger partial charge in [-0.05, 0) is 24.3 Å². The van der Waals surface area contributed by atoms with Crippen molar-refractivity contribution < 1.29 is 39.9 Å². The van der Waals surface area contributed by atoms with Crippen LogP contribution in [0.4, 0.5) is 0 Å². The first-order valence-corrected chi connectivity index (χ1v) is 6.55. The van der Waals surface area contributed by atoms with Crippen molar-refractivity contribution in [1.29, 1.82) is 0 Å². The van der Waals surface area contributed by atoms with Crippen LogP contribution < -0.4 is 0 Å². The summed E-state index contributed by atoms with van der Waals surface area (Å²) >= 11 is 0. The smallest absolute Gasteiger partial charge is 0.338 e. The van der Waals surface area contributed by atoms with Crippen LogP contribution in [0.25, 0.3) is 0 Å². The van der Waals surface area contributed by atoms with E-state index in [0.29, 0.717) is 0 Å². The third kappa shape index (κ3) is 3.19. The van der Waals surface area contributed by atoms with Crippen LogP contribution in [0.15, 0.2) is 24.3 Å². The van der Waals surface area contributed by atoms with E-state index in [1.807, 2.05) is 0 Å². The topological polar surface area (TPSA) is 145 Å². The van der Waals surface area contributed by atoms with Gasteiger partial charge >= 0.3 is 11.9 Å². The van der Waals surface area contributed by atoms with Crippen molar-refractivity contribution in [3.63, 3.8) is 0 Å². The number of carbonyl (C=O) groups excluding carboxylic acids is 1. The van der Waals surface area contributed by atoms with Gasteiger partial charge in [0.1, 0.15) is 18.0 Å². The molecule has 1 aliphatic rings. The molecule has 0 saturated heterocycles. The molecule has 5 N–H and O–H groups in total. The van der Waals surface area contributed by atoms with E-state index in [-0.39, 0.29) is 11.3 Å². The van der Waals surface area contributed by atoms with Gasteiger partial charge in [0, 0.05) is 12.8 Å². The molecule has 0 heterocycles. The average Bonchev–Trinajstić information content (AvgIpc) is 2.44. The Morgan fingerprint density at radius 1 is 1.14 bits per heavy atom. The maximum atomic E-state index is 11.9. The third-order valence-corrected chi connectivity index (χ3v) is 3.62. The molecule has 8 nitrogen and oxygen atoms in total. The zero-order valence-corrected chi connectivity index (χ0v) is 11.4. The SMILES string of the molecule is O=C(O[C@@H]1C[C@](O)(C(=O)O)C[C@@H](O)[C@H]1O)c1ccc(O)cc1. The molecule has 1 aromatic rings. The van der Waals surface area contributed by atoms with Crippen LogP contribution in [0.5, 0.6) is 5.75 Å². The van der Waals surface area contributed by atoms with Gasteiger partial charge in [-0.1, -0.05) is 0 Å². The first-order chi connectivity index (χ1) is 10.2. The fraction of sp³-hybridized carbons (Fsp3) is 0.429. The Bertz CT molecular complexity index is 569. The molecule has 120 valence electrons. The number of aliphatic hydroxyl groups is 3. The number of carboxylic acids is 1. The molecule has 0 aromatic heterocycles. The van der Waals surface area contributed by atoms with E-state index in [0.717, 1.165) is 0 Å². The van der Waals surface area contributed by atoms with Crippen molar-refractivity contribution >= 4 is 11.9 Å². The highest BCUT2D eigenvalue weighted by molar-refractivity contribution is 5.89. The lowest BCUT2D eigenvalue weighted by Gasteiger charge is -2.39. The summed E-state index contributed by atoms with van der Waals surface area (Å²) in [7, 11) is 0. The predicted molar refractivity (Wildman–Crippen MR) is 71.1 cm³/mol. The molecule has 1 aromatic carbocycles. The second-order valence-electron chi connectivity index (χ2n) is 5.29. The summed E-state index contributed by atoms with van der Waals surface area (Å²) in [6.45, 7) is 0. The molecule has 1 saturated carbocycles. The molecular weight excluding hydrogens is 296 g/mol. The molecule has 4 atom stereocenters. The Hall–Kier alpha value is -2.16. The number of aliphatic carboxylic acids is 1. The van der Waals surface area contributed by atoms with Crippen molar-refractivity contribution in [3.05, 3.63) is 29.8 Å². The number of phenols is 1. The monoisotopic (exact) mass is 312 g/mol. The zero-order chi connectivity index (χ0) is 16.5. The highest BCUT2D eigenvalue weighted by atomic mass is 16.6. The van der Waals surface area contributed by atoms with Crippen LogP contribution in [0.1, 0.15) is 23.2 Å². The van der Waals surface area contributed by atoms with Crippen molar-refractivity contribution in [2.45, 2.75) is 36.8 Å². The maximum absolute atomic E-state index is 11.9. The summed E-state index contributed by atoms with van der Waals surface area (Å²) in [4.78, 5) is 23.0. The van der Waals surface area contributed by atoms with E-state index in [2.05, 4.69) is 0 Å². The predicted octanol–water partition coefficient (Wildman–Crippen LogP) is -0.751. The molecule has 1 fully saturated rings. The van der Waals surface area contributed by atoms with Crippen molar-refractivity contribution in [2.24, 2.45) is 0 Å². The molecule has 0 amide bonds. The summed E-state index contributed by atoms with van der Waals surface area (Å²) in [6.07, 6.45) is -5.50. The van der Waals surface area contributed by atoms with E-state index < -0.39 is 48.7 Å². The minimum Gasteiger partial charge on any atom is -0.508 e. The fourth-order valence-corrected chi connectivity index (χ4v) is 2.34. The van der Waals surface area contributed by atoms with Crippen LogP contribution >= 0.6 is 0 Å². The first kappa shape index (κ1) is 16.2. The summed E-state index contributed by atoms with van der Waals surface area (Å²) in [6, 6.07) is 5.09. The Balaban J connectivity index is 2.14. The maximum Gasteiger partial charge on any atom is 0.338 e. The fourth-order valence-electron chi connectivity index (χ4n) is 2.34. The number of hydrogen-bond acceptors (Lipinski definition) is 7. The van der Waals surface area contributed by atoms with Gasteiger partial charge < -0.3 is 30.3 Å². The van der Waals surface area contributed by atoms with Crippen molar-refractivity contribution in [2.75, 3.05) is 0 Å². The lowest BCUT2D eigenvalue weighted by molar-refractivity contribution is -0.187. The lowest BCUT2D eigenvalue weighted by Crippen LogP contribution is -2.57. The Morgan fingerprint density at radius 2 is 1.73 bits per heavy atom. The summed E-state index contributed by atoms with van der Waals surface area (Å²) in [5, 5.41) is 47.5. The number of rotatable bonds is 3. The first-order valence-electron chi connectivity index (χ1n) is 6.55. The number of hydrogen-bond donors (Lipinski definition) is 5. The number of carbonyl (C=O) groups is 2. The van der Waals surface area contributed by atoms with Gasteiger partial charge in [-0.15, -0.1) is 0 Å². The van der Waals surface area contributed by atoms with Gasteiger partial charge in [0.25, 0.3) is 0 Å². The average molecular weight is 312 g/mol. The molecule has 8 heteroatoms. The highest BCUT2D eigenvalue weighted by Gasteiger charge is 2.50. The molecular formula is C14H16O8. The Labute approximate surface area is 125 Å². The minimum absolute atomic E-state index is 0.0510. The van der Waals surface area contributed by atoms with E-state index in [9.17, 15) is 24.9 Å². The number of benzene rings is 1. The summed E-state index contributed by atoms with van der Waals surface area (Å²) < 4.78 is 4.99. The van der Waals surface area contributed by atoms with Crippen molar-refractivity contribution in [3.8, 4) is 5.75 Å². The highest BCUT2D eigenvalue weighted by Crippen LogP contribution is 2.31. The van der Waals surface area contributed by atoms with Crippen molar-refractivity contribution in [1.82, 2.24) is 0 Å². The Morgan fingerprint density at radius 3 is 2.27 bits per heavy atom. The minimum atomic E-state index is -2.28. The number of phenolic OH excluding ortho intramolecular Hbond substituents is 1. The van der Waals surface area contributed by atoms with Crippen LogP contribution in [0.2, 0.25) is 0 Å². The standard InChI is InChI=1S/C14H16O8/c15-8-3-1-7(2-4-8)12(18)22-10-6-14(21,13(19)20)5-9(16)11(10)17/h1-4,9-11,15-17,21H,5-6H2,(H,19,20)/t9-,10-,11-,14+/m1/s1. The Kier molecular flexibility index (Phi) is 4.36. The van der Waals surface area contributed by atoms with Gasteiger partial charge in [0.15, 0.2) is 5.60 Å². The largest absolute Gasteiger partial charge is 0.508 e. The molecule has 1 aliphatic carbocycles. The third-order valence-electron chi connectivity index (χ3n) is 3.62. The van der Waals surface area contributed by atoms with E-state index in [1.54, 1.807) is 0 Å². The quantitative estimate of drug-likeness (QED) is 0.458. The second kappa shape index (κ2) is 5.91. The molecule has 0 radical (unpaired) electrons. The number of aliphatic hydroxyl groups excluding tert-OH is 2. The lowest BCUT2D eigenvalue weighted by atomic mass is 9.79.